The number of aliphatic hydroxyl groups excluding tert-OH is 1. The molecule has 0 radical (unpaired) electrons. The van der Waals surface area contributed by atoms with Gasteiger partial charge in [-0.15, -0.1) is 0 Å². The van der Waals surface area contributed by atoms with E-state index < -0.39 is 0 Å². The third kappa shape index (κ3) is 7.08. The maximum atomic E-state index is 8.40. The summed E-state index contributed by atoms with van der Waals surface area (Å²) in [6, 6.07) is 0. The summed E-state index contributed by atoms with van der Waals surface area (Å²) >= 11 is 0. The number of nitrogens with one attached hydrogen (secondary N) is 1. The average Bonchev–Trinajstić information content (AvgIpc) is 2.04. The van der Waals surface area contributed by atoms with Gasteiger partial charge in [-0.25, -0.2) is 0 Å². The Labute approximate surface area is 65.9 Å². The normalized spacial score (nSPS) is 11.9. The lowest BCUT2D eigenvalue weighted by Gasteiger charge is -2.01. The molecule has 0 heterocycles. The van der Waals surface area contributed by atoms with Crippen LogP contribution in [-0.2, 0) is 0 Å². The van der Waals surface area contributed by atoms with E-state index in [0.29, 0.717) is 6.54 Å². The zero-order valence-electron chi connectivity index (χ0n) is 6.45. The van der Waals surface area contributed by atoms with Gasteiger partial charge in [0.2, 0.25) is 0 Å². The van der Waals surface area contributed by atoms with Crippen LogP contribution in [0.25, 0.3) is 0 Å². The zero-order chi connectivity index (χ0) is 8.53. The maximum Gasteiger partial charge on any atom is 0.153 e. The number of hydrogen-bond donors (Lipinski definition) is 4. The first-order valence-corrected chi connectivity index (χ1v) is 3.59. The number of nitrogens with two attached hydrogens (primary N) is 1. The van der Waals surface area contributed by atoms with Gasteiger partial charge in [-0.1, -0.05) is 5.16 Å². The Balaban J connectivity index is 3.02. The minimum absolute atomic E-state index is 0.175. The van der Waals surface area contributed by atoms with Crippen LogP contribution in [-0.4, -0.2) is 35.8 Å². The van der Waals surface area contributed by atoms with E-state index in [1.54, 1.807) is 0 Å². The van der Waals surface area contributed by atoms with Crippen molar-refractivity contribution in [1.82, 2.24) is 5.32 Å². The Morgan fingerprint density at radius 3 is 2.73 bits per heavy atom. The first-order valence-electron chi connectivity index (χ1n) is 3.59. The van der Waals surface area contributed by atoms with Gasteiger partial charge in [-0.05, 0) is 19.4 Å². The van der Waals surface area contributed by atoms with Crippen molar-refractivity contribution in [3.05, 3.63) is 0 Å². The van der Waals surface area contributed by atoms with E-state index in [9.17, 15) is 0 Å². The second-order valence-electron chi connectivity index (χ2n) is 2.20. The van der Waals surface area contributed by atoms with Gasteiger partial charge < -0.3 is 21.4 Å². The molecule has 66 valence electrons. The Morgan fingerprint density at radius 1 is 1.45 bits per heavy atom. The van der Waals surface area contributed by atoms with Crippen LogP contribution < -0.4 is 11.1 Å². The van der Waals surface area contributed by atoms with E-state index in [-0.39, 0.29) is 12.4 Å². The summed E-state index contributed by atoms with van der Waals surface area (Å²) in [4.78, 5) is 0. The first kappa shape index (κ1) is 10.2. The SMILES string of the molecule is NC(CNCCCCO)=NO. The number of hydrogen-bond acceptors (Lipinski definition) is 4. The summed E-state index contributed by atoms with van der Waals surface area (Å²) in [5, 5.41) is 22.3. The lowest BCUT2D eigenvalue weighted by Crippen LogP contribution is -2.29. The predicted octanol–water partition coefficient (Wildman–Crippen LogP) is -0.905. The molecule has 0 aliphatic carbocycles. The summed E-state index contributed by atoms with van der Waals surface area (Å²) in [6.07, 6.45) is 1.68. The molecule has 5 N–H and O–H groups in total. The largest absolute Gasteiger partial charge is 0.409 e. The quantitative estimate of drug-likeness (QED) is 0.133. The molecule has 0 bridgehead atoms. The second-order valence-corrected chi connectivity index (χ2v) is 2.20. The molecular formula is C6H15N3O2. The molecule has 5 nitrogen and oxygen atoms in total. The standard InChI is InChI=1S/C6H15N3O2/c7-6(9-11)5-8-3-1-2-4-10/h8,10-11H,1-5H2,(H2,7,9). The fourth-order valence-corrected chi connectivity index (χ4v) is 0.614. The highest BCUT2D eigenvalue weighted by Crippen LogP contribution is 1.82. The van der Waals surface area contributed by atoms with E-state index in [2.05, 4.69) is 10.5 Å². The van der Waals surface area contributed by atoms with Crippen LogP contribution in [0.3, 0.4) is 0 Å². The van der Waals surface area contributed by atoms with Gasteiger partial charge in [0.25, 0.3) is 0 Å². The topological polar surface area (TPSA) is 90.9 Å². The van der Waals surface area contributed by atoms with Crippen molar-refractivity contribution in [2.24, 2.45) is 10.9 Å². The predicted molar refractivity (Wildman–Crippen MR) is 42.6 cm³/mol. The van der Waals surface area contributed by atoms with Crippen molar-refractivity contribution in [2.75, 3.05) is 19.7 Å². The third-order valence-corrected chi connectivity index (χ3v) is 1.20. The molecule has 5 heteroatoms. The van der Waals surface area contributed by atoms with Crippen LogP contribution in [0.1, 0.15) is 12.8 Å². The maximum absolute atomic E-state index is 8.40. The smallest absolute Gasteiger partial charge is 0.153 e. The van der Waals surface area contributed by atoms with Crippen molar-refractivity contribution < 1.29 is 10.3 Å². The minimum Gasteiger partial charge on any atom is -0.409 e. The molecule has 0 atom stereocenters. The summed E-state index contributed by atoms with van der Waals surface area (Å²) in [7, 11) is 0. The molecule has 0 rings (SSSR count). The lowest BCUT2D eigenvalue weighted by atomic mass is 10.3. The fraction of sp³-hybridized carbons (Fsp3) is 0.833. The lowest BCUT2D eigenvalue weighted by molar-refractivity contribution is 0.284. The number of nitrogens with zero attached hydrogens (tertiary/aromatic N) is 1. The van der Waals surface area contributed by atoms with E-state index in [1.165, 1.54) is 0 Å². The zero-order valence-corrected chi connectivity index (χ0v) is 6.45. The van der Waals surface area contributed by atoms with Crippen molar-refractivity contribution in [1.29, 1.82) is 0 Å². The second kappa shape index (κ2) is 7.30. The van der Waals surface area contributed by atoms with Crippen molar-refractivity contribution in [3.63, 3.8) is 0 Å². The van der Waals surface area contributed by atoms with Crippen molar-refractivity contribution in [2.45, 2.75) is 12.8 Å². The molecule has 0 fully saturated rings. The van der Waals surface area contributed by atoms with Crippen LogP contribution in [0.4, 0.5) is 0 Å². The number of unbranched alkanes of at least 4 members (excludes halogenated alkanes) is 1. The monoisotopic (exact) mass is 161 g/mol. The van der Waals surface area contributed by atoms with Gasteiger partial charge in [0, 0.05) is 6.61 Å². The Kier molecular flexibility index (Phi) is 6.76. The molecule has 0 saturated carbocycles. The molecule has 0 saturated heterocycles. The van der Waals surface area contributed by atoms with Crippen LogP contribution in [0.5, 0.6) is 0 Å². The molecular weight excluding hydrogens is 146 g/mol. The number of aliphatic hydroxyl groups is 1. The van der Waals surface area contributed by atoms with Gasteiger partial charge in [0.15, 0.2) is 5.84 Å². The number of oxime groups is 1. The van der Waals surface area contributed by atoms with E-state index in [0.717, 1.165) is 19.4 Å². The van der Waals surface area contributed by atoms with Crippen molar-refractivity contribution >= 4 is 5.84 Å². The Hall–Kier alpha value is -0.810. The fourth-order valence-electron chi connectivity index (χ4n) is 0.614. The molecule has 11 heavy (non-hydrogen) atoms. The van der Waals surface area contributed by atoms with Gasteiger partial charge in [0.1, 0.15) is 0 Å². The molecule has 0 aliphatic heterocycles. The van der Waals surface area contributed by atoms with Gasteiger partial charge in [-0.2, -0.15) is 0 Å². The van der Waals surface area contributed by atoms with Crippen LogP contribution in [0.2, 0.25) is 0 Å². The number of rotatable bonds is 6. The first-order chi connectivity index (χ1) is 5.31. The third-order valence-electron chi connectivity index (χ3n) is 1.20. The van der Waals surface area contributed by atoms with Gasteiger partial charge in [0.05, 0.1) is 6.54 Å². The Morgan fingerprint density at radius 2 is 2.18 bits per heavy atom. The van der Waals surface area contributed by atoms with Crippen LogP contribution in [0.15, 0.2) is 5.16 Å². The molecule has 0 spiro atoms. The van der Waals surface area contributed by atoms with Crippen LogP contribution >= 0.6 is 0 Å². The minimum atomic E-state index is 0.175. The highest BCUT2D eigenvalue weighted by Gasteiger charge is 1.90. The molecule has 0 aromatic rings. The van der Waals surface area contributed by atoms with Crippen molar-refractivity contribution in [3.8, 4) is 0 Å². The van der Waals surface area contributed by atoms with Gasteiger partial charge >= 0.3 is 0 Å². The summed E-state index contributed by atoms with van der Waals surface area (Å²) in [6.45, 7) is 1.38. The van der Waals surface area contributed by atoms with E-state index >= 15 is 0 Å². The van der Waals surface area contributed by atoms with Crippen LogP contribution in [0, 0.1) is 0 Å². The Bertz CT molecular complexity index is 116. The molecule has 0 aromatic heterocycles. The highest BCUT2D eigenvalue weighted by atomic mass is 16.4. The summed E-state index contributed by atoms with van der Waals surface area (Å²) < 4.78 is 0. The molecule has 0 amide bonds. The molecule has 0 aromatic carbocycles. The number of amidine groups is 1. The van der Waals surface area contributed by atoms with Gasteiger partial charge in [-0.3, -0.25) is 0 Å². The molecule has 0 unspecified atom stereocenters. The summed E-state index contributed by atoms with van der Waals surface area (Å²) in [5.41, 5.74) is 5.18. The summed E-state index contributed by atoms with van der Waals surface area (Å²) in [5.74, 6) is 0.175. The average molecular weight is 161 g/mol. The van der Waals surface area contributed by atoms with E-state index in [4.69, 9.17) is 16.0 Å². The van der Waals surface area contributed by atoms with E-state index in [1.807, 2.05) is 0 Å². The molecule has 0 aliphatic rings. The highest BCUT2D eigenvalue weighted by molar-refractivity contribution is 5.81.